The predicted molar refractivity (Wildman–Crippen MR) is 104 cm³/mol. The zero-order valence-electron chi connectivity index (χ0n) is 16.4. The molecule has 1 fully saturated rings. The minimum absolute atomic E-state index is 0.0629. The molecule has 3 aromatic rings. The van der Waals surface area contributed by atoms with E-state index in [1.807, 2.05) is 12.4 Å². The lowest BCUT2D eigenvalue weighted by molar-refractivity contribution is -0.137. The van der Waals surface area contributed by atoms with Gasteiger partial charge in [0.25, 0.3) is 0 Å². The van der Waals surface area contributed by atoms with Gasteiger partial charge in [0, 0.05) is 49.7 Å². The van der Waals surface area contributed by atoms with Gasteiger partial charge in [0.2, 0.25) is 5.91 Å². The molecule has 4 heterocycles. The first kappa shape index (κ1) is 20.1. The molecule has 1 saturated heterocycles. The molecule has 1 aliphatic rings. The maximum absolute atomic E-state index is 12.9. The number of halogens is 3. The van der Waals surface area contributed by atoms with E-state index < -0.39 is 11.7 Å². The fourth-order valence-electron chi connectivity index (χ4n) is 3.64. The van der Waals surface area contributed by atoms with E-state index in [1.54, 1.807) is 10.9 Å². The van der Waals surface area contributed by atoms with Crippen LogP contribution in [0.1, 0.15) is 31.0 Å². The number of hydrogen-bond donors (Lipinski definition) is 1. The Labute approximate surface area is 170 Å². The summed E-state index contributed by atoms with van der Waals surface area (Å²) in [5.74, 6) is 0.458. The van der Waals surface area contributed by atoms with E-state index in [0.29, 0.717) is 13.1 Å². The fourth-order valence-corrected chi connectivity index (χ4v) is 3.64. The first-order valence-corrected chi connectivity index (χ1v) is 9.73. The summed E-state index contributed by atoms with van der Waals surface area (Å²) in [5, 5.41) is 4.35. The third-order valence-corrected chi connectivity index (χ3v) is 5.07. The summed E-state index contributed by atoms with van der Waals surface area (Å²) >= 11 is 0. The number of carbonyl (C=O) groups excluding carboxylic acids is 1. The van der Waals surface area contributed by atoms with Gasteiger partial charge in [0.15, 0.2) is 0 Å². The number of alkyl halides is 3. The lowest BCUT2D eigenvalue weighted by atomic mass is 10.1. The molecule has 0 saturated carbocycles. The Morgan fingerprint density at radius 2 is 2.07 bits per heavy atom. The van der Waals surface area contributed by atoms with Crippen molar-refractivity contribution in [3.63, 3.8) is 0 Å². The summed E-state index contributed by atoms with van der Waals surface area (Å²) in [6.07, 6.45) is 5.10. The largest absolute Gasteiger partial charge is 0.417 e. The zero-order valence-corrected chi connectivity index (χ0v) is 16.4. The summed E-state index contributed by atoms with van der Waals surface area (Å²) in [6, 6.07) is 0.962. The van der Waals surface area contributed by atoms with Crippen molar-refractivity contribution < 1.29 is 18.0 Å². The molecule has 1 aliphatic heterocycles. The third-order valence-electron chi connectivity index (χ3n) is 5.07. The first-order chi connectivity index (χ1) is 14.3. The molecule has 1 atom stereocenters. The highest BCUT2D eigenvalue weighted by Crippen LogP contribution is 2.33. The van der Waals surface area contributed by atoms with Gasteiger partial charge < -0.3 is 9.88 Å². The van der Waals surface area contributed by atoms with Crippen LogP contribution in [-0.2, 0) is 23.9 Å². The summed E-state index contributed by atoms with van der Waals surface area (Å²) in [7, 11) is 0. The SMILES string of the molecule is CCCc1cnc(-c2cnn(CC3CC(=O)N(c4cncc(C(F)(F)F)c4)C3)c2)[nH]1. The molecule has 1 N–H and O–H groups in total. The zero-order chi connectivity index (χ0) is 21.3. The van der Waals surface area contributed by atoms with Crippen LogP contribution in [0.5, 0.6) is 0 Å². The second-order valence-corrected chi connectivity index (χ2v) is 7.46. The van der Waals surface area contributed by atoms with E-state index in [4.69, 9.17) is 0 Å². The van der Waals surface area contributed by atoms with E-state index in [1.165, 1.54) is 11.1 Å². The molecule has 158 valence electrons. The molecule has 7 nitrogen and oxygen atoms in total. The monoisotopic (exact) mass is 418 g/mol. The lowest BCUT2D eigenvalue weighted by Crippen LogP contribution is -2.25. The molecule has 0 aromatic carbocycles. The van der Waals surface area contributed by atoms with Crippen molar-refractivity contribution in [1.82, 2.24) is 24.7 Å². The van der Waals surface area contributed by atoms with Crippen molar-refractivity contribution in [1.29, 1.82) is 0 Å². The Morgan fingerprint density at radius 3 is 2.83 bits per heavy atom. The number of amides is 1. The molecular weight excluding hydrogens is 397 g/mol. The highest BCUT2D eigenvalue weighted by atomic mass is 19.4. The van der Waals surface area contributed by atoms with Crippen LogP contribution in [0.3, 0.4) is 0 Å². The summed E-state index contributed by atoms with van der Waals surface area (Å²) in [5.41, 5.74) is 1.21. The van der Waals surface area contributed by atoms with E-state index in [0.717, 1.165) is 42.2 Å². The van der Waals surface area contributed by atoms with Crippen molar-refractivity contribution in [2.75, 3.05) is 11.4 Å². The number of carbonyl (C=O) groups is 1. The van der Waals surface area contributed by atoms with Crippen LogP contribution in [-0.4, -0.2) is 37.2 Å². The van der Waals surface area contributed by atoms with Crippen LogP contribution in [0.25, 0.3) is 11.4 Å². The van der Waals surface area contributed by atoms with E-state index >= 15 is 0 Å². The number of aromatic nitrogens is 5. The van der Waals surface area contributed by atoms with E-state index in [-0.39, 0.29) is 23.9 Å². The van der Waals surface area contributed by atoms with Crippen LogP contribution in [0.15, 0.2) is 37.1 Å². The standard InChI is InChI=1S/C20H21F3N6O/c1-2-3-16-8-25-19(27-16)14-6-26-28(12-14)10-13-4-18(30)29(11-13)17-5-15(7-24-9-17)20(21,22)23/h5-9,12-13H,2-4,10-11H2,1H3,(H,25,27). The number of aromatic amines is 1. The molecule has 1 amide bonds. The number of imidazole rings is 1. The van der Waals surface area contributed by atoms with Crippen molar-refractivity contribution in [3.05, 3.63) is 48.3 Å². The molecule has 0 aliphatic carbocycles. The Bertz CT molecular complexity index is 1040. The number of aryl methyl sites for hydroxylation is 1. The normalized spacial score (nSPS) is 17.1. The smallest absolute Gasteiger partial charge is 0.342 e. The van der Waals surface area contributed by atoms with Gasteiger partial charge >= 0.3 is 6.18 Å². The summed E-state index contributed by atoms with van der Waals surface area (Å²) in [6.45, 7) is 2.90. The number of pyridine rings is 1. The third kappa shape index (κ3) is 4.22. The van der Waals surface area contributed by atoms with Crippen LogP contribution >= 0.6 is 0 Å². The highest BCUT2D eigenvalue weighted by molar-refractivity contribution is 5.95. The fraction of sp³-hybridized carbons (Fsp3) is 0.400. The van der Waals surface area contributed by atoms with Gasteiger partial charge in [-0.1, -0.05) is 13.3 Å². The Balaban J connectivity index is 1.43. The summed E-state index contributed by atoms with van der Waals surface area (Å²) < 4.78 is 40.6. The molecule has 30 heavy (non-hydrogen) atoms. The van der Waals surface area contributed by atoms with Crippen LogP contribution < -0.4 is 4.90 Å². The van der Waals surface area contributed by atoms with E-state index in [2.05, 4.69) is 27.0 Å². The second-order valence-electron chi connectivity index (χ2n) is 7.46. The van der Waals surface area contributed by atoms with Gasteiger partial charge in [-0.15, -0.1) is 0 Å². The number of anilines is 1. The van der Waals surface area contributed by atoms with Gasteiger partial charge in [-0.3, -0.25) is 14.5 Å². The molecular formula is C20H21F3N6O. The molecule has 10 heteroatoms. The number of rotatable bonds is 6. The number of hydrogen-bond acceptors (Lipinski definition) is 4. The van der Waals surface area contributed by atoms with Crippen molar-refractivity contribution in [2.45, 2.75) is 38.9 Å². The quantitative estimate of drug-likeness (QED) is 0.662. The number of H-pyrrole nitrogens is 1. The van der Waals surface area contributed by atoms with Gasteiger partial charge in [-0.2, -0.15) is 18.3 Å². The maximum atomic E-state index is 12.9. The van der Waals surface area contributed by atoms with Crippen molar-refractivity contribution >= 4 is 11.6 Å². The minimum Gasteiger partial charge on any atom is -0.342 e. The minimum atomic E-state index is -4.50. The highest BCUT2D eigenvalue weighted by Gasteiger charge is 2.35. The average Bonchev–Trinajstić information content (AvgIpc) is 3.42. The van der Waals surface area contributed by atoms with E-state index in [9.17, 15) is 18.0 Å². The second kappa shape index (κ2) is 7.92. The molecule has 3 aromatic heterocycles. The maximum Gasteiger partial charge on any atom is 0.417 e. The molecule has 0 radical (unpaired) electrons. The number of nitrogens with zero attached hydrogens (tertiary/aromatic N) is 5. The molecule has 4 rings (SSSR count). The van der Waals surface area contributed by atoms with Gasteiger partial charge in [-0.25, -0.2) is 4.98 Å². The van der Waals surface area contributed by atoms with Crippen molar-refractivity contribution in [2.24, 2.45) is 5.92 Å². The van der Waals surface area contributed by atoms with Crippen LogP contribution in [0.4, 0.5) is 18.9 Å². The lowest BCUT2D eigenvalue weighted by Gasteiger charge is -2.18. The number of nitrogens with one attached hydrogen (secondary N) is 1. The topological polar surface area (TPSA) is 79.7 Å². The predicted octanol–water partition coefficient (Wildman–Crippen LogP) is 3.69. The Morgan fingerprint density at radius 1 is 1.23 bits per heavy atom. The van der Waals surface area contributed by atoms with Crippen molar-refractivity contribution in [3.8, 4) is 11.4 Å². The Kier molecular flexibility index (Phi) is 5.31. The van der Waals surface area contributed by atoms with Crippen LogP contribution in [0.2, 0.25) is 0 Å². The average molecular weight is 418 g/mol. The molecule has 1 unspecified atom stereocenters. The van der Waals surface area contributed by atoms with Gasteiger partial charge in [0.05, 0.1) is 29.2 Å². The van der Waals surface area contributed by atoms with Crippen LogP contribution in [0, 0.1) is 5.92 Å². The first-order valence-electron chi connectivity index (χ1n) is 9.73. The van der Waals surface area contributed by atoms with Gasteiger partial charge in [-0.05, 0) is 12.5 Å². The molecule has 0 bridgehead atoms. The molecule has 0 spiro atoms. The van der Waals surface area contributed by atoms with Gasteiger partial charge in [0.1, 0.15) is 5.82 Å². The summed E-state index contributed by atoms with van der Waals surface area (Å²) in [4.78, 5) is 25.0. The Hall–Kier alpha value is -3.17.